The monoisotopic (exact) mass is 348 g/mol. The van der Waals surface area contributed by atoms with Crippen molar-refractivity contribution in [3.8, 4) is 11.1 Å². The highest BCUT2D eigenvalue weighted by molar-refractivity contribution is 6.35. The molecule has 2 aromatic rings. The first-order valence-electron chi connectivity index (χ1n) is 7.15. The van der Waals surface area contributed by atoms with Crippen molar-refractivity contribution in [3.63, 3.8) is 0 Å². The van der Waals surface area contributed by atoms with Gasteiger partial charge < -0.3 is 5.73 Å². The average molecular weight is 349 g/mol. The van der Waals surface area contributed by atoms with Gasteiger partial charge in [-0.3, -0.25) is 14.9 Å². The number of amides is 2. The van der Waals surface area contributed by atoms with E-state index < -0.39 is 5.92 Å². The standard InChI is InChI=1S/C17H14Cl2N2O2/c18-13-6-4-9(8-14(13)20)10-2-1-3-11(16(10)19)12-5-7-15(22)21-17(12)23/h1-4,6,8,12H,5,7,20H2,(H,21,22,23)/t12-/m0/s1. The number of nitrogens with two attached hydrogens (primary N) is 1. The molecule has 0 unspecified atom stereocenters. The molecule has 3 N–H and O–H groups in total. The maximum atomic E-state index is 12.1. The molecular weight excluding hydrogens is 335 g/mol. The summed E-state index contributed by atoms with van der Waals surface area (Å²) in [4.78, 5) is 23.4. The predicted molar refractivity (Wildman–Crippen MR) is 91.4 cm³/mol. The van der Waals surface area contributed by atoms with Crippen molar-refractivity contribution >= 4 is 40.7 Å². The van der Waals surface area contributed by atoms with Crippen molar-refractivity contribution < 1.29 is 9.59 Å². The molecule has 1 saturated heterocycles. The molecule has 0 aliphatic carbocycles. The third-order valence-corrected chi connectivity index (χ3v) is 4.72. The smallest absolute Gasteiger partial charge is 0.234 e. The molecule has 2 aromatic carbocycles. The molecule has 118 valence electrons. The first-order chi connectivity index (χ1) is 11.0. The van der Waals surface area contributed by atoms with Crippen LogP contribution in [0.15, 0.2) is 36.4 Å². The molecule has 1 aliphatic heterocycles. The number of anilines is 1. The van der Waals surface area contributed by atoms with E-state index in [0.29, 0.717) is 34.1 Å². The summed E-state index contributed by atoms with van der Waals surface area (Å²) < 4.78 is 0. The Morgan fingerprint density at radius 1 is 1.13 bits per heavy atom. The molecule has 1 heterocycles. The number of hydrogen-bond donors (Lipinski definition) is 2. The Labute approximate surface area is 143 Å². The van der Waals surface area contributed by atoms with Crippen molar-refractivity contribution in [1.29, 1.82) is 0 Å². The highest BCUT2D eigenvalue weighted by Crippen LogP contribution is 2.38. The largest absolute Gasteiger partial charge is 0.398 e. The first kappa shape index (κ1) is 15.8. The van der Waals surface area contributed by atoms with E-state index in [9.17, 15) is 9.59 Å². The molecule has 1 atom stereocenters. The lowest BCUT2D eigenvalue weighted by atomic mass is 9.88. The van der Waals surface area contributed by atoms with E-state index in [1.165, 1.54) is 0 Å². The summed E-state index contributed by atoms with van der Waals surface area (Å²) in [5, 5.41) is 3.32. The first-order valence-corrected chi connectivity index (χ1v) is 7.90. The van der Waals surface area contributed by atoms with Gasteiger partial charge in [-0.25, -0.2) is 0 Å². The van der Waals surface area contributed by atoms with Crippen molar-refractivity contribution in [2.45, 2.75) is 18.8 Å². The fraction of sp³-hybridized carbons (Fsp3) is 0.176. The number of halogens is 2. The zero-order valence-electron chi connectivity index (χ0n) is 12.1. The molecular formula is C17H14Cl2N2O2. The van der Waals surface area contributed by atoms with Crippen LogP contribution < -0.4 is 11.1 Å². The Morgan fingerprint density at radius 3 is 2.61 bits per heavy atom. The van der Waals surface area contributed by atoms with Crippen LogP contribution in [0.4, 0.5) is 5.69 Å². The zero-order chi connectivity index (χ0) is 16.6. The van der Waals surface area contributed by atoms with Crippen molar-refractivity contribution in [1.82, 2.24) is 5.32 Å². The maximum Gasteiger partial charge on any atom is 0.234 e. The van der Waals surface area contributed by atoms with Gasteiger partial charge in [0.15, 0.2) is 0 Å². The number of nitrogen functional groups attached to an aromatic ring is 1. The predicted octanol–water partition coefficient (Wildman–Crippen LogP) is 3.76. The van der Waals surface area contributed by atoms with Gasteiger partial charge in [-0.2, -0.15) is 0 Å². The third kappa shape index (κ3) is 3.05. The summed E-state index contributed by atoms with van der Waals surface area (Å²) in [5.41, 5.74) is 8.63. The van der Waals surface area contributed by atoms with E-state index in [4.69, 9.17) is 28.9 Å². The van der Waals surface area contributed by atoms with Gasteiger partial charge in [-0.05, 0) is 29.7 Å². The van der Waals surface area contributed by atoms with Crippen molar-refractivity contribution in [2.75, 3.05) is 5.73 Å². The van der Waals surface area contributed by atoms with Crippen LogP contribution in [0.5, 0.6) is 0 Å². The number of imide groups is 1. The summed E-state index contributed by atoms with van der Waals surface area (Å²) >= 11 is 12.5. The quantitative estimate of drug-likeness (QED) is 0.640. The van der Waals surface area contributed by atoms with Crippen LogP contribution in [0.2, 0.25) is 10.0 Å². The normalized spacial score (nSPS) is 17.9. The lowest BCUT2D eigenvalue weighted by Gasteiger charge is -2.23. The van der Waals surface area contributed by atoms with Gasteiger partial charge in [0.2, 0.25) is 11.8 Å². The van der Waals surface area contributed by atoms with E-state index >= 15 is 0 Å². The lowest BCUT2D eigenvalue weighted by Crippen LogP contribution is -2.39. The van der Waals surface area contributed by atoms with Crippen LogP contribution in [0, 0.1) is 0 Å². The fourth-order valence-corrected chi connectivity index (χ4v) is 3.23. The van der Waals surface area contributed by atoms with Crippen molar-refractivity contribution in [2.24, 2.45) is 0 Å². The number of carbonyl (C=O) groups is 2. The minimum Gasteiger partial charge on any atom is -0.398 e. The van der Waals surface area contributed by atoms with Crippen LogP contribution in [0.1, 0.15) is 24.3 Å². The van der Waals surface area contributed by atoms with Crippen LogP contribution in [-0.2, 0) is 9.59 Å². The third-order valence-electron chi connectivity index (χ3n) is 3.95. The topological polar surface area (TPSA) is 72.2 Å². The Kier molecular flexibility index (Phi) is 4.28. The Bertz CT molecular complexity index is 805. The minimum atomic E-state index is -0.426. The van der Waals surface area contributed by atoms with Gasteiger partial charge in [0, 0.05) is 12.0 Å². The van der Waals surface area contributed by atoms with E-state index in [-0.39, 0.29) is 11.8 Å². The Morgan fingerprint density at radius 2 is 1.91 bits per heavy atom. The number of carbonyl (C=O) groups excluding carboxylic acids is 2. The second kappa shape index (κ2) is 6.22. The molecule has 23 heavy (non-hydrogen) atoms. The highest BCUT2D eigenvalue weighted by atomic mass is 35.5. The number of rotatable bonds is 2. The minimum absolute atomic E-state index is 0.246. The number of hydrogen-bond acceptors (Lipinski definition) is 3. The Hall–Kier alpha value is -2.04. The van der Waals surface area contributed by atoms with E-state index in [1.54, 1.807) is 12.1 Å². The molecule has 0 saturated carbocycles. The zero-order valence-corrected chi connectivity index (χ0v) is 13.6. The van der Waals surface area contributed by atoms with Crippen LogP contribution in [0.25, 0.3) is 11.1 Å². The molecule has 1 aliphatic rings. The van der Waals surface area contributed by atoms with Crippen LogP contribution in [0.3, 0.4) is 0 Å². The van der Waals surface area contributed by atoms with Gasteiger partial charge in [0.25, 0.3) is 0 Å². The van der Waals surface area contributed by atoms with E-state index in [0.717, 1.165) is 11.1 Å². The van der Waals surface area contributed by atoms with Gasteiger partial charge >= 0.3 is 0 Å². The molecule has 3 rings (SSSR count). The van der Waals surface area contributed by atoms with Crippen LogP contribution >= 0.6 is 23.2 Å². The summed E-state index contributed by atoms with van der Waals surface area (Å²) in [7, 11) is 0. The summed E-state index contributed by atoms with van der Waals surface area (Å²) in [6, 6.07) is 10.8. The van der Waals surface area contributed by atoms with Gasteiger partial charge in [0.05, 0.1) is 21.7 Å². The summed E-state index contributed by atoms with van der Waals surface area (Å²) in [6.07, 6.45) is 0.765. The van der Waals surface area contributed by atoms with E-state index in [2.05, 4.69) is 5.32 Å². The second-order valence-electron chi connectivity index (χ2n) is 5.45. The van der Waals surface area contributed by atoms with Crippen molar-refractivity contribution in [3.05, 3.63) is 52.0 Å². The molecule has 6 heteroatoms. The molecule has 0 spiro atoms. The number of nitrogens with one attached hydrogen (secondary N) is 1. The van der Waals surface area contributed by atoms with Gasteiger partial charge in [0.1, 0.15) is 0 Å². The van der Waals surface area contributed by atoms with Gasteiger partial charge in [-0.1, -0.05) is 47.5 Å². The molecule has 2 amide bonds. The molecule has 4 nitrogen and oxygen atoms in total. The molecule has 1 fully saturated rings. The second-order valence-corrected chi connectivity index (χ2v) is 6.23. The number of piperidine rings is 1. The highest BCUT2D eigenvalue weighted by Gasteiger charge is 2.30. The summed E-state index contributed by atoms with van der Waals surface area (Å²) in [6.45, 7) is 0. The maximum absolute atomic E-state index is 12.1. The molecule has 0 aromatic heterocycles. The SMILES string of the molecule is Nc1cc(-c2cccc([C@@H]3CCC(=O)NC3=O)c2Cl)ccc1Cl. The fourth-order valence-electron chi connectivity index (χ4n) is 2.74. The Balaban J connectivity index is 2.03. The molecule has 0 radical (unpaired) electrons. The number of benzene rings is 2. The lowest BCUT2D eigenvalue weighted by molar-refractivity contribution is -0.134. The van der Waals surface area contributed by atoms with Crippen LogP contribution in [-0.4, -0.2) is 11.8 Å². The van der Waals surface area contributed by atoms with Gasteiger partial charge in [-0.15, -0.1) is 0 Å². The average Bonchev–Trinajstić information content (AvgIpc) is 2.51. The van der Waals surface area contributed by atoms with E-state index in [1.807, 2.05) is 24.3 Å². The molecule has 0 bridgehead atoms. The summed E-state index contributed by atoms with van der Waals surface area (Å²) in [5.74, 6) is -0.982.